The Labute approximate surface area is 450 Å². The second-order valence-corrected chi connectivity index (χ2v) is 23.4. The molecule has 1 aliphatic heterocycles. The van der Waals surface area contributed by atoms with E-state index >= 15 is 0 Å². The van der Waals surface area contributed by atoms with E-state index in [4.69, 9.17) is 24.9 Å². The molecular formula is C54H91N9O9S2. The number of hydrogen-bond acceptors (Lipinski definition) is 15. The summed E-state index contributed by atoms with van der Waals surface area (Å²) < 4.78 is 17.1. The standard InChI is InChI=1S/C51H83N9O9S2.C3H8/c1-16-32(7)44(37(67-14)26-39(61)60-25-21-24-36(60)46(68-15)33(8)48(64)56-34(9)45(63)35-22-19-18-20-23-35)58(12)40(62)27-53-49(65)43(31(5)6)59(13)50(66)69-28-51(10,11)71-70-38(17-2)57-42-41(30(3)4)54-29-55-47(42)52;1-3-2/h18-20,22-23,29-34,36-37,43-46,63H,16-17,21,24-28H2,1-15H3,(H,53,65)(H,56,64)(H2,52,54,55);3H2,1-2H3. The molecule has 1 aliphatic rings. The number of methoxy groups -OCH3 is 2. The molecule has 0 saturated carbocycles. The molecule has 9 unspecified atom stereocenters. The van der Waals surface area contributed by atoms with E-state index in [1.807, 2.05) is 80.5 Å². The van der Waals surface area contributed by atoms with Crippen molar-refractivity contribution in [1.29, 1.82) is 0 Å². The molecule has 0 bridgehead atoms. The van der Waals surface area contributed by atoms with E-state index in [-0.39, 0.29) is 55.2 Å². The first kappa shape index (κ1) is 65.6. The number of ether oxygens (including phenoxy) is 3. The van der Waals surface area contributed by atoms with Crippen molar-refractivity contribution in [2.45, 2.75) is 182 Å². The van der Waals surface area contributed by atoms with E-state index in [2.05, 4.69) is 34.4 Å². The van der Waals surface area contributed by atoms with Crippen LogP contribution in [0.15, 0.2) is 41.7 Å². The van der Waals surface area contributed by atoms with Crippen LogP contribution in [0.25, 0.3) is 0 Å². The highest BCUT2D eigenvalue weighted by atomic mass is 33.1. The molecule has 0 radical (unpaired) electrons. The average molecular weight is 1070 g/mol. The summed E-state index contributed by atoms with van der Waals surface area (Å²) in [4.78, 5) is 86.9. The third-order valence-electron chi connectivity index (χ3n) is 13.2. The Balaban J connectivity index is 0.00000609. The van der Waals surface area contributed by atoms with Crippen molar-refractivity contribution >= 4 is 67.9 Å². The van der Waals surface area contributed by atoms with Crippen LogP contribution in [0.4, 0.5) is 16.3 Å². The van der Waals surface area contributed by atoms with Crippen LogP contribution in [0.2, 0.25) is 0 Å². The largest absolute Gasteiger partial charge is 0.448 e. The molecule has 5 amide bonds. The fraction of sp³-hybridized carbons (Fsp3) is 0.704. The number of aromatic nitrogens is 2. The third kappa shape index (κ3) is 19.3. The fourth-order valence-corrected chi connectivity index (χ4v) is 11.1. The highest BCUT2D eigenvalue weighted by molar-refractivity contribution is 8.82. The van der Waals surface area contributed by atoms with Gasteiger partial charge < -0.3 is 45.5 Å². The van der Waals surface area contributed by atoms with E-state index in [1.165, 1.54) is 65.4 Å². The Kier molecular flexibility index (Phi) is 28.5. The first-order valence-corrected chi connectivity index (χ1v) is 28.4. The van der Waals surface area contributed by atoms with Crippen LogP contribution < -0.4 is 16.4 Å². The Bertz CT molecular complexity index is 2100. The number of nitrogens with zero attached hydrogens (tertiary/aromatic N) is 6. The molecule has 5 N–H and O–H groups in total. The minimum absolute atomic E-state index is 0.0373. The van der Waals surface area contributed by atoms with Crippen molar-refractivity contribution < 1.29 is 43.3 Å². The summed E-state index contributed by atoms with van der Waals surface area (Å²) in [6.07, 6.45) is 2.39. The van der Waals surface area contributed by atoms with Crippen molar-refractivity contribution in [2.24, 2.45) is 22.7 Å². The second kappa shape index (κ2) is 32.2. The number of carbonyl (C=O) groups is 5. The lowest BCUT2D eigenvalue weighted by Gasteiger charge is -2.39. The van der Waals surface area contributed by atoms with Crippen molar-refractivity contribution in [3.8, 4) is 0 Å². The van der Waals surface area contributed by atoms with Crippen molar-refractivity contribution in [2.75, 3.05) is 53.7 Å². The minimum Gasteiger partial charge on any atom is -0.448 e. The number of amides is 5. The molecule has 74 heavy (non-hydrogen) atoms. The van der Waals surface area contributed by atoms with E-state index < -0.39 is 65.0 Å². The SMILES string of the molecule is CCC.CCC(=Nc1c(N)ncnc1C(C)C)SSC(C)(C)COC(=O)N(C)C(C(=O)NCC(=O)N(C)C(C(C)CC)C(CC(=O)N1CCCC1C(OC)C(C)C(=O)NC(C)C(O)c1ccccc1)OC)C(C)C. The minimum atomic E-state index is -0.949. The number of benzene rings is 1. The van der Waals surface area contributed by atoms with Gasteiger partial charge in [-0.05, 0) is 74.1 Å². The van der Waals surface area contributed by atoms with Crippen LogP contribution in [-0.2, 0) is 33.4 Å². The predicted octanol–water partition coefficient (Wildman–Crippen LogP) is 8.57. The zero-order valence-corrected chi connectivity index (χ0v) is 49.1. The lowest BCUT2D eigenvalue weighted by molar-refractivity contribution is -0.146. The number of anilines is 1. The first-order chi connectivity index (χ1) is 34.9. The fourth-order valence-electron chi connectivity index (χ4n) is 8.88. The van der Waals surface area contributed by atoms with Gasteiger partial charge in [-0.3, -0.25) is 24.1 Å². The van der Waals surface area contributed by atoms with Gasteiger partial charge in [-0.15, -0.1) is 0 Å². The van der Waals surface area contributed by atoms with Gasteiger partial charge in [0.25, 0.3) is 0 Å². The summed E-state index contributed by atoms with van der Waals surface area (Å²) in [5.74, 6) is -2.07. The first-order valence-electron chi connectivity index (χ1n) is 26.2. The Hall–Kier alpha value is -4.50. The van der Waals surface area contributed by atoms with Crippen LogP contribution in [0.5, 0.6) is 0 Å². The Morgan fingerprint density at radius 1 is 0.946 bits per heavy atom. The second-order valence-electron chi connectivity index (χ2n) is 20.5. The summed E-state index contributed by atoms with van der Waals surface area (Å²) in [6.45, 7) is 25.4. The van der Waals surface area contributed by atoms with E-state index in [0.29, 0.717) is 42.9 Å². The predicted molar refractivity (Wildman–Crippen MR) is 299 cm³/mol. The zero-order valence-electron chi connectivity index (χ0n) is 47.5. The van der Waals surface area contributed by atoms with Gasteiger partial charge in [0.15, 0.2) is 5.82 Å². The number of nitrogens with two attached hydrogens (primary N) is 1. The van der Waals surface area contributed by atoms with E-state index in [9.17, 15) is 29.1 Å². The number of hydrogen-bond donors (Lipinski definition) is 4. The molecule has 20 heteroatoms. The molecule has 2 aromatic rings. The summed E-state index contributed by atoms with van der Waals surface area (Å²) in [5.41, 5.74) is 8.18. The topological polar surface area (TPSA) is 231 Å². The van der Waals surface area contributed by atoms with Gasteiger partial charge in [-0.2, -0.15) is 0 Å². The van der Waals surface area contributed by atoms with Crippen molar-refractivity contribution in [3.05, 3.63) is 47.9 Å². The highest BCUT2D eigenvalue weighted by Crippen LogP contribution is 2.40. The number of nitrogens with one attached hydrogen (secondary N) is 2. The smallest absolute Gasteiger partial charge is 0.410 e. The van der Waals surface area contributed by atoms with Crippen LogP contribution in [0.1, 0.15) is 152 Å². The van der Waals surface area contributed by atoms with Crippen LogP contribution >= 0.6 is 21.6 Å². The summed E-state index contributed by atoms with van der Waals surface area (Å²) in [5, 5.41) is 17.4. The summed E-state index contributed by atoms with van der Waals surface area (Å²) in [6, 6.07) is 6.67. The van der Waals surface area contributed by atoms with Crippen LogP contribution in [0, 0.1) is 17.8 Å². The van der Waals surface area contributed by atoms with Gasteiger partial charge in [-0.25, -0.2) is 19.8 Å². The van der Waals surface area contributed by atoms with Crippen LogP contribution in [0.3, 0.4) is 0 Å². The van der Waals surface area contributed by atoms with Gasteiger partial charge in [0.1, 0.15) is 24.7 Å². The number of carbonyl (C=O) groups excluding carboxylic acids is 5. The van der Waals surface area contributed by atoms with Gasteiger partial charge in [0.05, 0.1) is 70.8 Å². The van der Waals surface area contributed by atoms with Gasteiger partial charge in [0, 0.05) is 34.9 Å². The molecule has 3 rings (SSSR count). The summed E-state index contributed by atoms with van der Waals surface area (Å²) >= 11 is 0. The maximum Gasteiger partial charge on any atom is 0.410 e. The molecule has 418 valence electrons. The normalized spacial score (nSPS) is 17.2. The van der Waals surface area contributed by atoms with Gasteiger partial charge in [0.2, 0.25) is 23.6 Å². The monoisotopic (exact) mass is 1070 g/mol. The van der Waals surface area contributed by atoms with E-state index in [1.54, 1.807) is 37.9 Å². The number of aliphatic imine (C=N–C) groups is 1. The summed E-state index contributed by atoms with van der Waals surface area (Å²) in [7, 11) is 9.15. The van der Waals surface area contributed by atoms with E-state index in [0.717, 1.165) is 17.2 Å². The zero-order chi connectivity index (χ0) is 56.0. The van der Waals surface area contributed by atoms with Crippen molar-refractivity contribution in [3.63, 3.8) is 0 Å². The molecular weight excluding hydrogens is 983 g/mol. The van der Waals surface area contributed by atoms with Gasteiger partial charge >= 0.3 is 6.09 Å². The molecule has 0 spiro atoms. The molecule has 1 saturated heterocycles. The third-order valence-corrected chi connectivity index (χ3v) is 16.6. The number of likely N-dealkylation sites (tertiary alicyclic amines) is 1. The molecule has 0 aliphatic carbocycles. The molecule has 1 aromatic heterocycles. The molecule has 1 aromatic carbocycles. The molecule has 9 atom stereocenters. The lowest BCUT2D eigenvalue weighted by atomic mass is 9.90. The lowest BCUT2D eigenvalue weighted by Crippen LogP contribution is -2.56. The highest BCUT2D eigenvalue weighted by Gasteiger charge is 2.43. The molecule has 1 fully saturated rings. The number of aliphatic hydroxyl groups is 1. The number of rotatable bonds is 26. The average Bonchev–Trinajstić information content (AvgIpc) is 3.86. The number of likely N-dealkylation sites (N-methyl/N-ethyl adjacent to an activating group) is 2. The molecule has 18 nitrogen and oxygen atoms in total. The maximum atomic E-state index is 14.3. The maximum absolute atomic E-state index is 14.3. The number of nitrogen functional groups attached to an aromatic ring is 1. The number of aliphatic hydroxyl groups excluding tert-OH is 1. The van der Waals surface area contributed by atoms with Crippen LogP contribution in [-0.4, -0.2) is 154 Å². The van der Waals surface area contributed by atoms with Crippen molar-refractivity contribution in [1.82, 2.24) is 35.3 Å². The molecule has 2 heterocycles. The Morgan fingerprint density at radius 2 is 1.58 bits per heavy atom. The Morgan fingerprint density at radius 3 is 2.14 bits per heavy atom. The van der Waals surface area contributed by atoms with Gasteiger partial charge in [-0.1, -0.05) is 123 Å². The quantitative estimate of drug-likeness (QED) is 0.0393.